The van der Waals surface area contributed by atoms with Crippen LogP contribution in [-0.2, 0) is 0 Å². The third-order valence-electron chi connectivity index (χ3n) is 11.8. The van der Waals surface area contributed by atoms with Crippen LogP contribution in [0, 0.1) is 34.5 Å². The van der Waals surface area contributed by atoms with Gasteiger partial charge in [-0.3, -0.25) is 0 Å². The lowest BCUT2D eigenvalue weighted by molar-refractivity contribution is 0.107. The van der Waals surface area contributed by atoms with Crippen molar-refractivity contribution >= 4 is 0 Å². The van der Waals surface area contributed by atoms with Gasteiger partial charge in [0.25, 0.3) is 0 Å². The maximum absolute atomic E-state index is 10.1. The summed E-state index contributed by atoms with van der Waals surface area (Å²) in [5, 5.41) is 19.5. The number of aliphatic hydroxyl groups is 2. The molecule has 0 heterocycles. The Bertz CT molecular complexity index is 1530. The summed E-state index contributed by atoms with van der Waals surface area (Å²) in [6.45, 7) is 27.2. The lowest BCUT2D eigenvalue weighted by atomic mass is 9.60. The van der Waals surface area contributed by atoms with E-state index in [1.54, 1.807) is 0 Å². The molecule has 2 aliphatic carbocycles. The Balaban J connectivity index is 1.92. The lowest BCUT2D eigenvalue weighted by Crippen LogP contribution is -2.37. The van der Waals surface area contributed by atoms with E-state index in [0.29, 0.717) is 23.7 Å². The Morgan fingerprint density at radius 1 is 0.673 bits per heavy atom. The number of aliphatic hydroxyl groups excluding tert-OH is 2. The first-order valence-electron chi connectivity index (χ1n) is 19.8. The normalized spacial score (nSPS) is 25.1. The molecule has 0 saturated carbocycles. The summed E-state index contributed by atoms with van der Waals surface area (Å²) < 4.78 is 0. The molecule has 4 unspecified atom stereocenters. The molecule has 0 fully saturated rings. The second kappa shape index (κ2) is 22.1. The van der Waals surface area contributed by atoms with E-state index in [2.05, 4.69) is 173 Å². The maximum atomic E-state index is 10.1. The van der Waals surface area contributed by atoms with E-state index in [1.165, 1.54) is 39.0 Å². The van der Waals surface area contributed by atoms with Crippen molar-refractivity contribution in [1.29, 1.82) is 0 Å². The molecule has 0 spiro atoms. The molecular formula is C50H74O2. The van der Waals surface area contributed by atoms with Crippen molar-refractivity contribution in [2.24, 2.45) is 34.5 Å². The second-order valence-corrected chi connectivity index (χ2v) is 17.1. The van der Waals surface area contributed by atoms with Crippen LogP contribution >= 0.6 is 0 Å². The Hall–Kier alpha value is -3.20. The summed E-state index contributed by atoms with van der Waals surface area (Å²) in [7, 11) is 0. The first-order valence-corrected chi connectivity index (χ1v) is 19.8. The number of allylic oxidation sites excluding steroid dienone is 22. The Kier molecular flexibility index (Phi) is 19.1. The molecule has 0 bridgehead atoms. The zero-order valence-corrected chi connectivity index (χ0v) is 35.1. The smallest absolute Gasteiger partial charge is 0.0644 e. The molecule has 2 aliphatic rings. The van der Waals surface area contributed by atoms with E-state index in [-0.39, 0.29) is 24.0 Å². The molecule has 0 aromatic carbocycles. The quantitative estimate of drug-likeness (QED) is 0.117. The fourth-order valence-corrected chi connectivity index (χ4v) is 7.82. The van der Waals surface area contributed by atoms with Crippen molar-refractivity contribution in [3.8, 4) is 0 Å². The van der Waals surface area contributed by atoms with Crippen LogP contribution in [0.2, 0.25) is 0 Å². The largest absolute Gasteiger partial charge is 0.392 e. The number of hydrogen-bond donors (Lipinski definition) is 2. The minimum atomic E-state index is 0.144. The van der Waals surface area contributed by atoms with Gasteiger partial charge in [-0.2, -0.15) is 0 Å². The van der Waals surface area contributed by atoms with Crippen LogP contribution in [0.4, 0.5) is 0 Å². The van der Waals surface area contributed by atoms with E-state index in [0.717, 1.165) is 44.1 Å². The van der Waals surface area contributed by atoms with Crippen LogP contribution in [0.5, 0.6) is 0 Å². The van der Waals surface area contributed by atoms with E-state index >= 15 is 0 Å². The molecule has 2 rings (SSSR count). The second-order valence-electron chi connectivity index (χ2n) is 17.1. The van der Waals surface area contributed by atoms with Gasteiger partial charge in [-0.05, 0) is 128 Å². The van der Waals surface area contributed by atoms with Crippen LogP contribution in [-0.4, -0.2) is 23.4 Å². The average Bonchev–Trinajstić information content (AvgIpc) is 3.07. The molecule has 0 aromatic rings. The van der Waals surface area contributed by atoms with Crippen molar-refractivity contribution in [2.75, 3.05) is 13.2 Å². The Morgan fingerprint density at radius 3 is 1.81 bits per heavy atom. The number of hydrogen-bond acceptors (Lipinski definition) is 2. The molecule has 0 aliphatic heterocycles. The fourth-order valence-electron chi connectivity index (χ4n) is 7.82. The molecule has 0 aromatic heterocycles. The van der Waals surface area contributed by atoms with Crippen molar-refractivity contribution in [1.82, 2.24) is 0 Å². The highest BCUT2D eigenvalue weighted by Gasteiger charge is 2.40. The predicted octanol–water partition coefficient (Wildman–Crippen LogP) is 13.7. The molecule has 2 N–H and O–H groups in total. The van der Waals surface area contributed by atoms with Gasteiger partial charge in [0.1, 0.15) is 0 Å². The SMILES string of the molecule is CC(C)=CCC1CC=C(CO)C(CC/C(C)=C/C=C/C(C)=C/C=C/C=C(C)/C=C/C=C(C)/C=C/C2C(C)=CCC(C/C=C(\C)CO)C2(C)C)C1(C)C. The first kappa shape index (κ1) is 45.0. The van der Waals surface area contributed by atoms with Crippen LogP contribution in [0.3, 0.4) is 0 Å². The molecule has 0 amide bonds. The topological polar surface area (TPSA) is 40.5 Å². The predicted molar refractivity (Wildman–Crippen MR) is 230 cm³/mol. The van der Waals surface area contributed by atoms with Crippen molar-refractivity contribution in [3.05, 3.63) is 142 Å². The molecule has 2 nitrogen and oxygen atoms in total. The molecule has 4 atom stereocenters. The summed E-state index contributed by atoms with van der Waals surface area (Å²) in [6, 6.07) is 0. The zero-order valence-electron chi connectivity index (χ0n) is 35.1. The number of rotatable bonds is 17. The van der Waals surface area contributed by atoms with Crippen LogP contribution in [0.15, 0.2) is 142 Å². The van der Waals surface area contributed by atoms with Gasteiger partial charge < -0.3 is 10.2 Å². The lowest BCUT2D eigenvalue weighted by Gasteiger charge is -2.45. The minimum absolute atomic E-state index is 0.144. The monoisotopic (exact) mass is 707 g/mol. The van der Waals surface area contributed by atoms with Gasteiger partial charge in [-0.15, -0.1) is 0 Å². The first-order chi connectivity index (χ1) is 24.5. The van der Waals surface area contributed by atoms with Gasteiger partial charge >= 0.3 is 0 Å². The summed E-state index contributed by atoms with van der Waals surface area (Å²) in [4.78, 5) is 0. The van der Waals surface area contributed by atoms with Gasteiger partial charge in [-0.25, -0.2) is 0 Å². The zero-order chi connectivity index (χ0) is 38.9. The van der Waals surface area contributed by atoms with E-state index in [4.69, 9.17) is 0 Å². The van der Waals surface area contributed by atoms with Crippen molar-refractivity contribution < 1.29 is 10.2 Å². The van der Waals surface area contributed by atoms with Crippen LogP contribution < -0.4 is 0 Å². The molecule has 52 heavy (non-hydrogen) atoms. The van der Waals surface area contributed by atoms with Crippen molar-refractivity contribution in [2.45, 2.75) is 122 Å². The molecule has 0 saturated heterocycles. The molecule has 0 radical (unpaired) electrons. The third kappa shape index (κ3) is 14.7. The van der Waals surface area contributed by atoms with Crippen LogP contribution in [0.25, 0.3) is 0 Å². The van der Waals surface area contributed by atoms with E-state index in [1.807, 2.05) is 6.92 Å². The summed E-state index contributed by atoms with van der Waals surface area (Å²) >= 11 is 0. The van der Waals surface area contributed by atoms with Crippen LogP contribution in [0.1, 0.15) is 122 Å². The Labute approximate surface area is 320 Å². The van der Waals surface area contributed by atoms with Crippen molar-refractivity contribution in [3.63, 3.8) is 0 Å². The van der Waals surface area contributed by atoms with Gasteiger partial charge in [0.2, 0.25) is 0 Å². The summed E-state index contributed by atoms with van der Waals surface area (Å²) in [5.41, 5.74) is 10.5. The third-order valence-corrected chi connectivity index (χ3v) is 11.8. The summed E-state index contributed by atoms with van der Waals surface area (Å²) in [5.74, 6) is 2.00. The van der Waals surface area contributed by atoms with E-state index in [9.17, 15) is 10.2 Å². The molecule has 2 heteroatoms. The maximum Gasteiger partial charge on any atom is 0.0644 e. The standard InChI is InChI=1S/C50H74O2/c1-37(2)23-29-45-32-28-44(36-52)48(50(45,11)12)34-26-41(6)22-16-20-39(4)18-14-13-17-38(3)19-15-21-40(5)25-33-47-43(8)27-31-46(49(47,9)10)30-24-42(7)35-51/h13-25,27-28,33,45-48,51-52H,26,29-32,34-36H2,1-12H3/b14-13+,19-15+,20-16+,33-25+,38-17+,39-18+,40-21+,41-22+,42-24+. The minimum Gasteiger partial charge on any atom is -0.392 e. The Morgan fingerprint density at radius 2 is 1.21 bits per heavy atom. The average molecular weight is 707 g/mol. The van der Waals surface area contributed by atoms with Gasteiger partial charge in [-0.1, -0.05) is 164 Å². The van der Waals surface area contributed by atoms with Gasteiger partial charge in [0.15, 0.2) is 0 Å². The molecular weight excluding hydrogens is 633 g/mol. The van der Waals surface area contributed by atoms with E-state index < -0.39 is 0 Å². The fraction of sp³-hybridized carbons (Fsp3) is 0.520. The molecule has 286 valence electrons. The highest BCUT2D eigenvalue weighted by molar-refractivity contribution is 5.32. The van der Waals surface area contributed by atoms with Gasteiger partial charge in [0.05, 0.1) is 13.2 Å². The summed E-state index contributed by atoms with van der Waals surface area (Å²) in [6.07, 6.45) is 41.9. The highest BCUT2D eigenvalue weighted by atomic mass is 16.3. The van der Waals surface area contributed by atoms with Gasteiger partial charge in [0, 0.05) is 5.92 Å². The highest BCUT2D eigenvalue weighted by Crippen LogP contribution is 2.49.